The number of anilines is 1. The van der Waals surface area contributed by atoms with E-state index in [0.29, 0.717) is 5.76 Å². The number of carbonyl (C=O) groups excluding carboxylic acids is 1. The summed E-state index contributed by atoms with van der Waals surface area (Å²) >= 11 is 0. The molecule has 0 spiro atoms. The van der Waals surface area contributed by atoms with Gasteiger partial charge in [0.15, 0.2) is 0 Å². The molecule has 6 heteroatoms. The Morgan fingerprint density at radius 3 is 2.53 bits per heavy atom. The first-order valence-corrected chi connectivity index (χ1v) is 4.75. The van der Waals surface area contributed by atoms with Gasteiger partial charge >= 0.3 is 5.91 Å². The maximum atomic E-state index is 13.2. The molecule has 0 saturated heterocycles. The van der Waals surface area contributed by atoms with Crippen LogP contribution in [0.1, 0.15) is 16.4 Å². The van der Waals surface area contributed by atoms with E-state index < -0.39 is 23.2 Å². The van der Waals surface area contributed by atoms with Crippen LogP contribution in [0.5, 0.6) is 0 Å². The summed E-state index contributed by atoms with van der Waals surface area (Å²) in [4.78, 5) is 15.2. The molecule has 1 aromatic heterocycles. The smallest absolute Gasteiger partial charge is 0.311 e. The molecule has 4 nitrogen and oxygen atoms in total. The van der Waals surface area contributed by atoms with Crippen molar-refractivity contribution in [1.29, 1.82) is 0 Å². The number of hydrogen-bond acceptors (Lipinski definition) is 3. The summed E-state index contributed by atoms with van der Waals surface area (Å²) in [5, 5.41) is 2.06. The van der Waals surface area contributed by atoms with Crippen molar-refractivity contribution < 1.29 is 18.0 Å². The molecule has 0 aliphatic rings. The van der Waals surface area contributed by atoms with Gasteiger partial charge in [0.2, 0.25) is 0 Å². The third-order valence-corrected chi connectivity index (χ3v) is 2.02. The highest BCUT2D eigenvalue weighted by molar-refractivity contribution is 6.01. The van der Waals surface area contributed by atoms with Crippen molar-refractivity contribution in [3.8, 4) is 0 Å². The van der Waals surface area contributed by atoms with Crippen molar-refractivity contribution in [3.05, 3.63) is 47.7 Å². The van der Waals surface area contributed by atoms with Gasteiger partial charge in [0.25, 0.3) is 5.89 Å². The van der Waals surface area contributed by atoms with Crippen LogP contribution in [0.4, 0.5) is 14.5 Å². The number of amides is 1. The van der Waals surface area contributed by atoms with Crippen LogP contribution in [0.2, 0.25) is 0 Å². The van der Waals surface area contributed by atoms with E-state index in [4.69, 9.17) is 4.42 Å². The quantitative estimate of drug-likeness (QED) is 0.874. The minimum atomic E-state index is -0.860. The lowest BCUT2D eigenvalue weighted by Gasteiger charge is -2.04. The second-order valence-corrected chi connectivity index (χ2v) is 3.33. The lowest BCUT2D eigenvalue weighted by Crippen LogP contribution is -2.14. The van der Waals surface area contributed by atoms with Crippen LogP contribution in [-0.4, -0.2) is 10.9 Å². The molecule has 0 bridgehead atoms. The van der Waals surface area contributed by atoms with Gasteiger partial charge in [-0.05, 0) is 19.1 Å². The van der Waals surface area contributed by atoms with E-state index >= 15 is 0 Å². The summed E-state index contributed by atoms with van der Waals surface area (Å²) in [6.45, 7) is 1.60. The van der Waals surface area contributed by atoms with Gasteiger partial charge in [-0.25, -0.2) is 13.8 Å². The van der Waals surface area contributed by atoms with E-state index in [-0.39, 0.29) is 5.89 Å². The number of hydrogen-bond donors (Lipinski definition) is 1. The minimum absolute atomic E-state index is 0.245. The fourth-order valence-electron chi connectivity index (χ4n) is 1.24. The first-order chi connectivity index (χ1) is 8.08. The number of rotatable bonds is 2. The molecule has 1 amide bonds. The molecule has 0 aliphatic heterocycles. The Balaban J connectivity index is 2.24. The minimum Gasteiger partial charge on any atom is -0.438 e. The average Bonchev–Trinajstić information content (AvgIpc) is 2.70. The van der Waals surface area contributed by atoms with Gasteiger partial charge in [-0.3, -0.25) is 4.79 Å². The summed E-state index contributed by atoms with van der Waals surface area (Å²) in [6, 6.07) is 3.29. The molecule has 88 valence electrons. The van der Waals surface area contributed by atoms with Crippen molar-refractivity contribution in [3.63, 3.8) is 0 Å². The zero-order valence-corrected chi connectivity index (χ0v) is 8.83. The molecule has 2 rings (SSSR count). The van der Waals surface area contributed by atoms with E-state index in [0.717, 1.165) is 12.1 Å². The lowest BCUT2D eigenvalue weighted by molar-refractivity contribution is 0.0988. The van der Waals surface area contributed by atoms with Crippen molar-refractivity contribution >= 4 is 11.6 Å². The monoisotopic (exact) mass is 238 g/mol. The van der Waals surface area contributed by atoms with Crippen LogP contribution in [-0.2, 0) is 0 Å². The summed E-state index contributed by atoms with van der Waals surface area (Å²) in [6.07, 6.45) is 1.34. The molecule has 0 fully saturated rings. The summed E-state index contributed by atoms with van der Waals surface area (Å²) in [5.74, 6) is -2.33. The maximum Gasteiger partial charge on any atom is 0.311 e. The molecular formula is C11H8F2N2O2. The van der Waals surface area contributed by atoms with Gasteiger partial charge in [0.05, 0.1) is 6.20 Å². The van der Waals surface area contributed by atoms with E-state index in [1.807, 2.05) is 0 Å². The van der Waals surface area contributed by atoms with E-state index in [1.54, 1.807) is 6.92 Å². The molecule has 0 unspecified atom stereocenters. The SMILES string of the molecule is Cc1cnc(C(=O)Nc2c(F)cccc2F)o1. The summed E-state index contributed by atoms with van der Waals surface area (Å²) in [5.41, 5.74) is -0.520. The van der Waals surface area contributed by atoms with Gasteiger partial charge in [-0.2, -0.15) is 0 Å². The number of carbonyl (C=O) groups is 1. The molecular weight excluding hydrogens is 230 g/mol. The number of aromatic nitrogens is 1. The van der Waals surface area contributed by atoms with Crippen LogP contribution < -0.4 is 5.32 Å². The Bertz CT molecular complexity index is 546. The zero-order valence-electron chi connectivity index (χ0n) is 8.83. The van der Waals surface area contributed by atoms with Crippen LogP contribution >= 0.6 is 0 Å². The Hall–Kier alpha value is -2.24. The van der Waals surface area contributed by atoms with E-state index in [1.165, 1.54) is 12.3 Å². The number of oxazole rings is 1. The Morgan fingerprint density at radius 2 is 2.00 bits per heavy atom. The molecule has 17 heavy (non-hydrogen) atoms. The van der Waals surface area contributed by atoms with Gasteiger partial charge < -0.3 is 9.73 Å². The van der Waals surface area contributed by atoms with Gasteiger partial charge in [-0.15, -0.1) is 0 Å². The Kier molecular flexibility index (Phi) is 2.86. The van der Waals surface area contributed by atoms with E-state index in [2.05, 4.69) is 10.3 Å². The second kappa shape index (κ2) is 4.32. The fraction of sp³-hybridized carbons (Fsp3) is 0.0909. The number of nitrogens with one attached hydrogen (secondary N) is 1. The summed E-state index contributed by atoms with van der Waals surface area (Å²) < 4.78 is 31.4. The lowest BCUT2D eigenvalue weighted by atomic mass is 10.3. The number of benzene rings is 1. The highest BCUT2D eigenvalue weighted by Gasteiger charge is 2.16. The first-order valence-electron chi connectivity index (χ1n) is 4.75. The van der Waals surface area contributed by atoms with Crippen LogP contribution in [0.25, 0.3) is 0 Å². The molecule has 0 atom stereocenters. The topological polar surface area (TPSA) is 55.1 Å². The number of para-hydroxylation sites is 1. The van der Waals surface area contributed by atoms with Gasteiger partial charge in [-0.1, -0.05) is 6.07 Å². The third kappa shape index (κ3) is 2.30. The van der Waals surface area contributed by atoms with Crippen LogP contribution in [0, 0.1) is 18.6 Å². The standard InChI is InChI=1S/C11H8F2N2O2/c1-6-5-14-11(17-6)10(16)15-9-7(12)3-2-4-8(9)13/h2-5H,1H3,(H,15,16). The molecule has 1 heterocycles. The highest BCUT2D eigenvalue weighted by Crippen LogP contribution is 2.18. The van der Waals surface area contributed by atoms with Crippen molar-refractivity contribution in [1.82, 2.24) is 4.98 Å². The molecule has 0 saturated carbocycles. The predicted octanol–water partition coefficient (Wildman–Crippen LogP) is 2.51. The van der Waals surface area contributed by atoms with Gasteiger partial charge in [0.1, 0.15) is 23.1 Å². The Labute approximate surface area is 95.3 Å². The third-order valence-electron chi connectivity index (χ3n) is 2.02. The second-order valence-electron chi connectivity index (χ2n) is 3.33. The van der Waals surface area contributed by atoms with Crippen molar-refractivity contribution in [2.24, 2.45) is 0 Å². The normalized spacial score (nSPS) is 10.3. The number of aryl methyl sites for hydroxylation is 1. The van der Waals surface area contributed by atoms with E-state index in [9.17, 15) is 13.6 Å². The molecule has 0 aliphatic carbocycles. The fourth-order valence-corrected chi connectivity index (χ4v) is 1.24. The van der Waals surface area contributed by atoms with Gasteiger partial charge in [0, 0.05) is 0 Å². The number of nitrogens with zero attached hydrogens (tertiary/aromatic N) is 1. The Morgan fingerprint density at radius 1 is 1.35 bits per heavy atom. The van der Waals surface area contributed by atoms with Crippen LogP contribution in [0.15, 0.2) is 28.8 Å². The maximum absolute atomic E-state index is 13.2. The highest BCUT2D eigenvalue weighted by atomic mass is 19.1. The van der Waals surface area contributed by atoms with Crippen molar-refractivity contribution in [2.75, 3.05) is 5.32 Å². The largest absolute Gasteiger partial charge is 0.438 e. The summed E-state index contributed by atoms with van der Waals surface area (Å²) in [7, 11) is 0. The predicted molar refractivity (Wildman–Crippen MR) is 55.6 cm³/mol. The number of halogens is 2. The molecule has 0 radical (unpaired) electrons. The zero-order chi connectivity index (χ0) is 12.4. The first kappa shape index (κ1) is 11.3. The molecule has 1 N–H and O–H groups in total. The van der Waals surface area contributed by atoms with Crippen LogP contribution in [0.3, 0.4) is 0 Å². The van der Waals surface area contributed by atoms with Crippen molar-refractivity contribution in [2.45, 2.75) is 6.92 Å². The average molecular weight is 238 g/mol. The molecule has 2 aromatic rings. The molecule has 1 aromatic carbocycles.